The summed E-state index contributed by atoms with van der Waals surface area (Å²) in [5.41, 5.74) is 0.981. The van der Waals surface area contributed by atoms with Gasteiger partial charge in [-0.05, 0) is 43.1 Å². The summed E-state index contributed by atoms with van der Waals surface area (Å²) in [6.45, 7) is 2.31. The van der Waals surface area contributed by atoms with E-state index in [-0.39, 0.29) is 11.9 Å². The number of rotatable bonds is 4. The van der Waals surface area contributed by atoms with E-state index in [1.807, 2.05) is 35.2 Å². The molecule has 1 saturated heterocycles. The Balaban J connectivity index is 1.46. The van der Waals surface area contributed by atoms with E-state index in [0.29, 0.717) is 5.92 Å². The number of hydrogen-bond acceptors (Lipinski definition) is 2. The van der Waals surface area contributed by atoms with Gasteiger partial charge < -0.3 is 15.3 Å². The quantitative estimate of drug-likeness (QED) is 0.894. The molecule has 2 aliphatic rings. The second-order valence-corrected chi connectivity index (χ2v) is 6.31. The summed E-state index contributed by atoms with van der Waals surface area (Å²) < 4.78 is 0. The van der Waals surface area contributed by atoms with Crippen LogP contribution in [0.3, 0.4) is 0 Å². The summed E-state index contributed by atoms with van der Waals surface area (Å²) in [6, 6.07) is 9.88. The van der Waals surface area contributed by atoms with Crippen molar-refractivity contribution >= 4 is 6.03 Å². The summed E-state index contributed by atoms with van der Waals surface area (Å²) >= 11 is 0. The number of carbonyl (C=O) groups excluding carboxylic acids is 1. The third-order valence-corrected chi connectivity index (χ3v) is 4.65. The van der Waals surface area contributed by atoms with Gasteiger partial charge in [-0.25, -0.2) is 4.79 Å². The minimum Gasteiger partial charge on any atom is -0.388 e. The molecule has 1 aliphatic carbocycles. The first kappa shape index (κ1) is 14.4. The second-order valence-electron chi connectivity index (χ2n) is 6.31. The lowest BCUT2D eigenvalue weighted by Crippen LogP contribution is -2.45. The molecule has 0 radical (unpaired) electrons. The van der Waals surface area contributed by atoms with Crippen LogP contribution in [-0.2, 0) is 0 Å². The Bertz CT molecular complexity index is 465. The molecule has 4 nitrogen and oxygen atoms in total. The Labute approximate surface area is 126 Å². The molecule has 4 heteroatoms. The van der Waals surface area contributed by atoms with Gasteiger partial charge in [0, 0.05) is 19.6 Å². The first-order valence-electron chi connectivity index (χ1n) is 8.00. The van der Waals surface area contributed by atoms with Crippen LogP contribution in [0.2, 0.25) is 0 Å². The number of aliphatic hydroxyl groups is 1. The largest absolute Gasteiger partial charge is 0.388 e. The maximum Gasteiger partial charge on any atom is 0.317 e. The molecule has 1 unspecified atom stereocenters. The van der Waals surface area contributed by atoms with Crippen molar-refractivity contribution in [1.82, 2.24) is 10.2 Å². The smallest absolute Gasteiger partial charge is 0.317 e. The predicted octanol–water partition coefficient (Wildman–Crippen LogP) is 2.55. The van der Waals surface area contributed by atoms with Crippen molar-refractivity contribution in [2.45, 2.75) is 31.8 Å². The van der Waals surface area contributed by atoms with Crippen LogP contribution >= 0.6 is 0 Å². The number of piperidine rings is 1. The molecule has 0 aromatic heterocycles. The highest BCUT2D eigenvalue weighted by atomic mass is 16.3. The van der Waals surface area contributed by atoms with Crippen molar-refractivity contribution < 1.29 is 9.90 Å². The second kappa shape index (κ2) is 6.48. The van der Waals surface area contributed by atoms with Gasteiger partial charge in [0.05, 0.1) is 6.10 Å². The van der Waals surface area contributed by atoms with E-state index in [1.54, 1.807) is 0 Å². The van der Waals surface area contributed by atoms with Gasteiger partial charge in [-0.15, -0.1) is 0 Å². The molecule has 0 bridgehead atoms. The fourth-order valence-electron chi connectivity index (χ4n) is 3.01. The third-order valence-electron chi connectivity index (χ3n) is 4.65. The summed E-state index contributed by atoms with van der Waals surface area (Å²) in [5.74, 6) is 0.964. The van der Waals surface area contributed by atoms with Crippen LogP contribution in [0.15, 0.2) is 30.3 Å². The number of hydrogen-bond donors (Lipinski definition) is 2. The van der Waals surface area contributed by atoms with E-state index in [2.05, 4.69) is 5.32 Å². The van der Waals surface area contributed by atoms with Gasteiger partial charge in [0.1, 0.15) is 0 Å². The van der Waals surface area contributed by atoms with E-state index < -0.39 is 6.10 Å². The molecule has 2 N–H and O–H groups in total. The fraction of sp³-hybridized carbons (Fsp3) is 0.588. The molecular formula is C17H24N2O2. The lowest BCUT2D eigenvalue weighted by atomic mass is 9.87. The zero-order valence-corrected chi connectivity index (χ0v) is 12.4. The molecule has 1 heterocycles. The normalized spacial score (nSPS) is 21.1. The Hall–Kier alpha value is -1.55. The number of benzene rings is 1. The van der Waals surface area contributed by atoms with Gasteiger partial charge in [-0.2, -0.15) is 0 Å². The lowest BCUT2D eigenvalue weighted by Gasteiger charge is -2.34. The molecule has 1 saturated carbocycles. The molecule has 1 atom stereocenters. The van der Waals surface area contributed by atoms with Crippen molar-refractivity contribution in [2.75, 3.05) is 19.6 Å². The van der Waals surface area contributed by atoms with Crippen LogP contribution in [0.4, 0.5) is 4.79 Å². The van der Waals surface area contributed by atoms with E-state index >= 15 is 0 Å². The van der Waals surface area contributed by atoms with Gasteiger partial charge in [-0.1, -0.05) is 30.3 Å². The van der Waals surface area contributed by atoms with Crippen molar-refractivity contribution in [3.63, 3.8) is 0 Å². The Morgan fingerprint density at radius 1 is 1.19 bits per heavy atom. The molecule has 1 aromatic carbocycles. The van der Waals surface area contributed by atoms with Crippen LogP contribution in [-0.4, -0.2) is 35.7 Å². The van der Waals surface area contributed by atoms with Crippen LogP contribution < -0.4 is 5.32 Å². The average Bonchev–Trinajstić information content (AvgIpc) is 3.37. The third kappa shape index (κ3) is 3.76. The number of nitrogens with zero attached hydrogens (tertiary/aromatic N) is 1. The molecule has 2 fully saturated rings. The standard InChI is InChI=1S/C17H24N2O2/c20-16(14-4-2-1-3-5-14)15-8-10-19(11-9-15)17(21)18-12-13-6-7-13/h1-5,13,15-16,20H,6-12H2,(H,18,21). The lowest BCUT2D eigenvalue weighted by molar-refractivity contribution is 0.0665. The molecule has 1 aromatic rings. The fourth-order valence-corrected chi connectivity index (χ4v) is 3.01. The Morgan fingerprint density at radius 2 is 1.86 bits per heavy atom. The molecule has 21 heavy (non-hydrogen) atoms. The number of aliphatic hydroxyl groups excluding tert-OH is 1. The number of amides is 2. The highest BCUT2D eigenvalue weighted by Gasteiger charge is 2.29. The molecule has 3 rings (SSSR count). The Morgan fingerprint density at radius 3 is 2.48 bits per heavy atom. The van der Waals surface area contributed by atoms with Crippen LogP contribution in [0, 0.1) is 11.8 Å². The van der Waals surface area contributed by atoms with Crippen LogP contribution in [0.5, 0.6) is 0 Å². The molecule has 1 aliphatic heterocycles. The maximum absolute atomic E-state index is 12.0. The van der Waals surface area contributed by atoms with Crippen LogP contribution in [0.1, 0.15) is 37.4 Å². The van der Waals surface area contributed by atoms with Gasteiger partial charge in [0.25, 0.3) is 0 Å². The van der Waals surface area contributed by atoms with Gasteiger partial charge >= 0.3 is 6.03 Å². The highest BCUT2D eigenvalue weighted by molar-refractivity contribution is 5.74. The molecular weight excluding hydrogens is 264 g/mol. The topological polar surface area (TPSA) is 52.6 Å². The summed E-state index contributed by atoms with van der Waals surface area (Å²) in [4.78, 5) is 13.9. The number of urea groups is 1. The van der Waals surface area contributed by atoms with Gasteiger partial charge in [-0.3, -0.25) is 0 Å². The SMILES string of the molecule is O=C(NCC1CC1)N1CCC(C(O)c2ccccc2)CC1. The first-order valence-corrected chi connectivity index (χ1v) is 8.00. The van der Waals surface area contributed by atoms with Crippen molar-refractivity contribution in [3.8, 4) is 0 Å². The van der Waals surface area contributed by atoms with E-state index in [0.717, 1.165) is 38.0 Å². The predicted molar refractivity (Wildman–Crippen MR) is 81.8 cm³/mol. The van der Waals surface area contributed by atoms with E-state index in [9.17, 15) is 9.90 Å². The van der Waals surface area contributed by atoms with Gasteiger partial charge in [0.15, 0.2) is 0 Å². The average molecular weight is 288 g/mol. The minimum absolute atomic E-state index is 0.0644. The Kier molecular flexibility index (Phi) is 4.44. The van der Waals surface area contributed by atoms with Crippen molar-refractivity contribution in [1.29, 1.82) is 0 Å². The monoisotopic (exact) mass is 288 g/mol. The van der Waals surface area contributed by atoms with E-state index in [4.69, 9.17) is 0 Å². The molecule has 114 valence electrons. The summed E-state index contributed by atoms with van der Waals surface area (Å²) in [6.07, 6.45) is 3.83. The van der Waals surface area contributed by atoms with Crippen molar-refractivity contribution in [3.05, 3.63) is 35.9 Å². The summed E-state index contributed by atoms with van der Waals surface area (Å²) in [5, 5.41) is 13.5. The zero-order chi connectivity index (χ0) is 14.7. The first-order chi connectivity index (χ1) is 10.2. The molecule has 2 amide bonds. The van der Waals surface area contributed by atoms with Gasteiger partial charge in [0.2, 0.25) is 0 Å². The minimum atomic E-state index is -0.414. The number of carbonyl (C=O) groups is 1. The molecule has 0 spiro atoms. The summed E-state index contributed by atoms with van der Waals surface area (Å²) in [7, 11) is 0. The van der Waals surface area contributed by atoms with Crippen LogP contribution in [0.25, 0.3) is 0 Å². The highest BCUT2D eigenvalue weighted by Crippen LogP contribution is 2.31. The maximum atomic E-state index is 12.0. The zero-order valence-electron chi connectivity index (χ0n) is 12.4. The van der Waals surface area contributed by atoms with Crippen molar-refractivity contribution in [2.24, 2.45) is 11.8 Å². The number of likely N-dealkylation sites (tertiary alicyclic amines) is 1. The van der Waals surface area contributed by atoms with E-state index in [1.165, 1.54) is 12.8 Å². The number of nitrogens with one attached hydrogen (secondary N) is 1.